The summed E-state index contributed by atoms with van der Waals surface area (Å²) in [5.41, 5.74) is 3.23. The van der Waals surface area contributed by atoms with Gasteiger partial charge in [-0.2, -0.15) is 0 Å². The summed E-state index contributed by atoms with van der Waals surface area (Å²) in [5, 5.41) is 5.24. The number of hydrogen-bond acceptors (Lipinski definition) is 6. The molecule has 0 fully saturated rings. The summed E-state index contributed by atoms with van der Waals surface area (Å²) in [4.78, 5) is 2.19. The van der Waals surface area contributed by atoms with Gasteiger partial charge in [-0.05, 0) is 74.4 Å². The molecule has 1 aliphatic heterocycles. The van der Waals surface area contributed by atoms with Gasteiger partial charge in [0, 0.05) is 61.3 Å². The van der Waals surface area contributed by atoms with Crippen LogP contribution in [0, 0.1) is 0 Å². The van der Waals surface area contributed by atoms with E-state index in [0.29, 0.717) is 29.8 Å². The second kappa shape index (κ2) is 16.4. The minimum atomic E-state index is -1.97. The maximum Gasteiger partial charge on any atom is 0.205 e. The Hall–Kier alpha value is -1.16. The van der Waals surface area contributed by atoms with Crippen molar-refractivity contribution in [2.24, 2.45) is 0 Å². The van der Waals surface area contributed by atoms with E-state index in [1.54, 1.807) is 0 Å². The Morgan fingerprint density at radius 1 is 1.02 bits per heavy atom. The van der Waals surface area contributed by atoms with E-state index in [4.69, 9.17) is 41.8 Å². The van der Waals surface area contributed by atoms with Gasteiger partial charge >= 0.3 is 0 Å². The van der Waals surface area contributed by atoms with Gasteiger partial charge in [0.1, 0.15) is 5.75 Å². The van der Waals surface area contributed by atoms with Gasteiger partial charge in [0.25, 0.3) is 0 Å². The molecule has 242 valence electrons. The lowest BCUT2D eigenvalue weighted by atomic mass is 10.0. The summed E-state index contributed by atoms with van der Waals surface area (Å²) in [6.45, 7) is 20.8. The zero-order chi connectivity index (χ0) is 31.7. The topological polar surface area (TPSA) is 52.2 Å². The van der Waals surface area contributed by atoms with Crippen molar-refractivity contribution in [1.82, 2.24) is 10.2 Å². The van der Waals surface area contributed by atoms with Crippen molar-refractivity contribution in [3.63, 3.8) is 0 Å². The van der Waals surface area contributed by atoms with Crippen LogP contribution in [-0.2, 0) is 27.1 Å². The minimum Gasteiger partial charge on any atom is -0.463 e. The molecule has 0 aliphatic carbocycles. The molecule has 3 rings (SSSR count). The molecule has 2 aromatic rings. The molecule has 43 heavy (non-hydrogen) atoms. The highest BCUT2D eigenvalue weighted by molar-refractivity contribution is 6.74. The monoisotopic (exact) mass is 652 g/mol. The fraction of sp³-hybridized carbons (Fsp3) is 0.647. The third-order valence-electron chi connectivity index (χ3n) is 8.46. The van der Waals surface area contributed by atoms with Gasteiger partial charge in [-0.25, -0.2) is 0 Å². The molecule has 2 aromatic carbocycles. The van der Waals surface area contributed by atoms with E-state index >= 15 is 0 Å². The second-order valence-corrected chi connectivity index (χ2v) is 19.3. The Morgan fingerprint density at radius 2 is 1.72 bits per heavy atom. The van der Waals surface area contributed by atoms with Crippen molar-refractivity contribution < 1.29 is 18.6 Å². The van der Waals surface area contributed by atoms with Crippen LogP contribution in [0.3, 0.4) is 0 Å². The lowest BCUT2D eigenvalue weighted by molar-refractivity contribution is -0.180. The summed E-state index contributed by atoms with van der Waals surface area (Å²) in [5.74, 6) is 0.306. The van der Waals surface area contributed by atoms with E-state index in [1.807, 2.05) is 32.0 Å². The zero-order valence-electron chi connectivity index (χ0n) is 27.7. The van der Waals surface area contributed by atoms with E-state index in [1.165, 1.54) is 12.0 Å². The molecule has 0 aromatic heterocycles. The molecule has 0 bridgehead atoms. The first kappa shape index (κ1) is 36.3. The lowest BCUT2D eigenvalue weighted by Crippen LogP contribution is -2.43. The Balaban J connectivity index is 1.36. The van der Waals surface area contributed by atoms with E-state index in [0.717, 1.165) is 62.4 Å². The second-order valence-electron chi connectivity index (χ2n) is 13.7. The van der Waals surface area contributed by atoms with Crippen LogP contribution in [0.2, 0.25) is 28.2 Å². The Morgan fingerprint density at radius 3 is 2.42 bits per heavy atom. The number of likely N-dealkylation sites (N-methyl/N-ethyl adjacent to an activating group) is 1. The van der Waals surface area contributed by atoms with Gasteiger partial charge in [-0.1, -0.05) is 68.9 Å². The lowest BCUT2D eigenvalue weighted by Gasteiger charge is -2.40. The zero-order valence-corrected chi connectivity index (χ0v) is 30.2. The number of benzene rings is 2. The molecular formula is C34H54Cl2N2O4Si. The minimum absolute atomic E-state index is 0.0124. The quantitative estimate of drug-likeness (QED) is 0.136. The molecule has 1 N–H and O–H groups in total. The molecule has 1 unspecified atom stereocenters. The first-order chi connectivity index (χ1) is 20.2. The largest absolute Gasteiger partial charge is 0.463 e. The van der Waals surface area contributed by atoms with Crippen molar-refractivity contribution in [3.05, 3.63) is 63.1 Å². The summed E-state index contributed by atoms with van der Waals surface area (Å²) in [6.07, 6.45) is 4.54. The predicted octanol–water partition coefficient (Wildman–Crippen LogP) is 9.00. The Labute approximate surface area is 271 Å². The van der Waals surface area contributed by atoms with Gasteiger partial charge in [-0.15, -0.1) is 0 Å². The third kappa shape index (κ3) is 11.6. The maximum absolute atomic E-state index is 6.93. The molecule has 1 aliphatic rings. The third-order valence-corrected chi connectivity index (χ3v) is 13.7. The van der Waals surface area contributed by atoms with Gasteiger partial charge in [0.15, 0.2) is 8.32 Å². The van der Waals surface area contributed by atoms with Crippen LogP contribution in [-0.4, -0.2) is 58.9 Å². The fourth-order valence-electron chi connectivity index (χ4n) is 4.71. The molecule has 1 atom stereocenters. The van der Waals surface area contributed by atoms with Crippen molar-refractivity contribution in [3.8, 4) is 5.75 Å². The summed E-state index contributed by atoms with van der Waals surface area (Å²) < 4.78 is 24.7. The van der Waals surface area contributed by atoms with E-state index in [9.17, 15) is 0 Å². The van der Waals surface area contributed by atoms with Gasteiger partial charge in [-0.3, -0.25) is 4.90 Å². The molecule has 0 saturated heterocycles. The van der Waals surface area contributed by atoms with Crippen LogP contribution in [0.4, 0.5) is 0 Å². The van der Waals surface area contributed by atoms with Gasteiger partial charge in [0.05, 0.1) is 19.3 Å². The average Bonchev–Trinajstić information content (AvgIpc) is 2.91. The van der Waals surface area contributed by atoms with Crippen LogP contribution in [0.15, 0.2) is 36.4 Å². The number of fused-ring (bicyclic) bond motifs is 1. The van der Waals surface area contributed by atoms with E-state index in [-0.39, 0.29) is 11.1 Å². The van der Waals surface area contributed by atoms with Crippen molar-refractivity contribution >= 4 is 31.5 Å². The number of halogens is 2. The highest BCUT2D eigenvalue weighted by Crippen LogP contribution is 2.41. The number of nitrogens with zero attached hydrogens (tertiary/aromatic N) is 1. The SMILES string of the molecule is CN(CCOCCCCCCNCC(O[Si](C)(C)C(C)(C)C)c1ccc2c(c1)COC(C)(C)O2)Cc1c(Cl)cccc1Cl. The van der Waals surface area contributed by atoms with Crippen LogP contribution in [0.25, 0.3) is 0 Å². The highest BCUT2D eigenvalue weighted by atomic mass is 35.5. The smallest absolute Gasteiger partial charge is 0.205 e. The molecule has 9 heteroatoms. The van der Waals surface area contributed by atoms with Gasteiger partial charge in [0.2, 0.25) is 5.79 Å². The van der Waals surface area contributed by atoms with Crippen LogP contribution in [0.5, 0.6) is 5.75 Å². The molecule has 1 heterocycles. The molecule has 0 saturated carbocycles. The van der Waals surface area contributed by atoms with Crippen LogP contribution < -0.4 is 10.1 Å². The molecule has 6 nitrogen and oxygen atoms in total. The maximum atomic E-state index is 6.93. The van der Waals surface area contributed by atoms with Crippen molar-refractivity contribution in [2.75, 3.05) is 39.9 Å². The van der Waals surface area contributed by atoms with E-state index in [2.05, 4.69) is 69.3 Å². The number of rotatable bonds is 17. The fourth-order valence-corrected chi connectivity index (χ4v) is 6.51. The van der Waals surface area contributed by atoms with E-state index < -0.39 is 14.1 Å². The number of nitrogens with one attached hydrogen (secondary N) is 1. The summed E-state index contributed by atoms with van der Waals surface area (Å²) in [6, 6.07) is 12.1. The van der Waals surface area contributed by atoms with Crippen molar-refractivity contribution in [1.29, 1.82) is 0 Å². The summed E-state index contributed by atoms with van der Waals surface area (Å²) in [7, 11) is 0.0925. The normalized spacial score (nSPS) is 15.8. The van der Waals surface area contributed by atoms with Crippen LogP contribution in [0.1, 0.15) is 83.1 Å². The summed E-state index contributed by atoms with van der Waals surface area (Å²) >= 11 is 12.6. The molecule has 0 spiro atoms. The first-order valence-electron chi connectivity index (χ1n) is 15.7. The Kier molecular flexibility index (Phi) is 13.9. The predicted molar refractivity (Wildman–Crippen MR) is 182 cm³/mol. The van der Waals surface area contributed by atoms with Crippen molar-refractivity contribution in [2.45, 2.75) is 103 Å². The standard InChI is InChI=1S/C34H54Cl2N2O4Si/c1-33(2,3)43(7,8)42-32(26-16-17-31-27(22-26)25-40-34(4,5)41-31)23-37-18-11-9-10-12-20-39-21-19-38(6)24-28-29(35)14-13-15-30(28)36/h13-17,22,32,37H,9-12,18-21,23-25H2,1-8H3. The molecular weight excluding hydrogens is 599 g/mol. The molecule has 0 radical (unpaired) electrons. The average molecular weight is 654 g/mol. The number of ether oxygens (including phenoxy) is 3. The Bertz CT molecular complexity index is 1140. The highest BCUT2D eigenvalue weighted by Gasteiger charge is 2.39. The first-order valence-corrected chi connectivity index (χ1v) is 19.4. The number of hydrogen-bond donors (Lipinski definition) is 1. The number of unbranched alkanes of at least 4 members (excludes halogenated alkanes) is 3. The van der Waals surface area contributed by atoms with Gasteiger partial charge < -0.3 is 24.0 Å². The van der Waals surface area contributed by atoms with Crippen LogP contribution >= 0.6 is 23.2 Å². The molecule has 0 amide bonds.